The Labute approximate surface area is 132 Å². The number of carbonyl (C=O) groups excluding carboxylic acids is 4. The molecule has 23 heavy (non-hydrogen) atoms. The van der Waals surface area contributed by atoms with E-state index in [4.69, 9.17) is 9.47 Å². The molecule has 1 saturated heterocycles. The van der Waals surface area contributed by atoms with Gasteiger partial charge in [-0.05, 0) is 12.5 Å². The van der Waals surface area contributed by atoms with Gasteiger partial charge in [0.15, 0.2) is 6.10 Å². The van der Waals surface area contributed by atoms with Crippen LogP contribution in [-0.4, -0.2) is 36.0 Å². The monoisotopic (exact) mass is 320 g/mol. The maximum atomic E-state index is 11.8. The van der Waals surface area contributed by atoms with Crippen molar-refractivity contribution < 1.29 is 28.7 Å². The second-order valence-corrected chi connectivity index (χ2v) is 4.97. The van der Waals surface area contributed by atoms with E-state index in [0.29, 0.717) is 0 Å². The Kier molecular flexibility index (Phi) is 5.29. The predicted molar refractivity (Wildman–Crippen MR) is 76.9 cm³/mol. The summed E-state index contributed by atoms with van der Waals surface area (Å²) in [4.78, 5) is 45.7. The lowest BCUT2D eigenvalue weighted by molar-refractivity contribution is -0.155. The van der Waals surface area contributed by atoms with E-state index in [1.807, 2.05) is 23.5 Å². The highest BCUT2D eigenvalue weighted by atomic mass is 16.6. The van der Waals surface area contributed by atoms with Gasteiger partial charge >= 0.3 is 12.1 Å². The molecule has 2 N–H and O–H groups in total. The van der Waals surface area contributed by atoms with Gasteiger partial charge in [0.25, 0.3) is 5.91 Å². The van der Waals surface area contributed by atoms with E-state index in [1.54, 1.807) is 12.1 Å². The molecule has 1 aromatic carbocycles. The second-order valence-electron chi connectivity index (χ2n) is 4.97. The average Bonchev–Trinajstić information content (AvgIpc) is 2.83. The summed E-state index contributed by atoms with van der Waals surface area (Å²) in [7, 11) is 0. The molecule has 0 bridgehead atoms. The fourth-order valence-electron chi connectivity index (χ4n) is 1.87. The summed E-state index contributed by atoms with van der Waals surface area (Å²) in [6.07, 6.45) is -2.15. The molecule has 1 aliphatic heterocycles. The van der Waals surface area contributed by atoms with E-state index in [2.05, 4.69) is 5.32 Å². The molecule has 0 saturated carbocycles. The number of carbonyl (C=O) groups is 4. The highest BCUT2D eigenvalue weighted by Crippen LogP contribution is 2.08. The first-order chi connectivity index (χ1) is 11.0. The van der Waals surface area contributed by atoms with E-state index in [1.165, 1.54) is 6.92 Å². The zero-order chi connectivity index (χ0) is 16.8. The topological polar surface area (TPSA) is 111 Å². The van der Waals surface area contributed by atoms with Crippen molar-refractivity contribution in [2.24, 2.45) is 0 Å². The van der Waals surface area contributed by atoms with Gasteiger partial charge in [-0.25, -0.2) is 9.59 Å². The first-order valence-electron chi connectivity index (χ1n) is 6.97. The largest absolute Gasteiger partial charge is 0.450 e. The van der Waals surface area contributed by atoms with Gasteiger partial charge in [-0.2, -0.15) is 0 Å². The fraction of sp³-hybridized carbons (Fsp3) is 0.333. The lowest BCUT2D eigenvalue weighted by Gasteiger charge is -2.15. The number of imide groups is 1. The van der Waals surface area contributed by atoms with Gasteiger partial charge in [0, 0.05) is 0 Å². The van der Waals surface area contributed by atoms with Crippen LogP contribution in [0.5, 0.6) is 0 Å². The van der Waals surface area contributed by atoms with E-state index >= 15 is 0 Å². The normalized spacial score (nSPS) is 18.0. The zero-order valence-corrected chi connectivity index (χ0v) is 12.4. The van der Waals surface area contributed by atoms with Crippen LogP contribution in [-0.2, 0) is 30.5 Å². The first kappa shape index (κ1) is 16.5. The molecule has 1 aromatic rings. The third-order valence-electron chi connectivity index (χ3n) is 3.08. The Morgan fingerprint density at radius 1 is 1.30 bits per heavy atom. The van der Waals surface area contributed by atoms with Crippen LogP contribution in [0.15, 0.2) is 30.3 Å². The summed E-state index contributed by atoms with van der Waals surface area (Å²) in [5, 5.41) is 4.32. The zero-order valence-electron chi connectivity index (χ0n) is 12.4. The van der Waals surface area contributed by atoms with Gasteiger partial charge in [-0.1, -0.05) is 30.3 Å². The van der Waals surface area contributed by atoms with Crippen LogP contribution in [0.2, 0.25) is 0 Å². The molecular weight excluding hydrogens is 304 g/mol. The molecule has 0 radical (unpaired) electrons. The van der Waals surface area contributed by atoms with Gasteiger partial charge in [0.05, 0.1) is 6.42 Å². The van der Waals surface area contributed by atoms with Crippen molar-refractivity contribution in [1.82, 2.24) is 10.6 Å². The minimum absolute atomic E-state index is 0.0635. The number of rotatable bonds is 5. The van der Waals surface area contributed by atoms with E-state index < -0.39 is 36.0 Å². The SMILES string of the molecule is C[C@@H](NC(=O)OCc1ccccc1)C(=O)O[C@H]1CC(=O)NC1=O. The van der Waals surface area contributed by atoms with Crippen LogP contribution in [0.4, 0.5) is 4.79 Å². The molecule has 8 heteroatoms. The molecule has 122 valence electrons. The van der Waals surface area contributed by atoms with Crippen molar-refractivity contribution in [3.05, 3.63) is 35.9 Å². The van der Waals surface area contributed by atoms with Crippen LogP contribution in [0.1, 0.15) is 18.9 Å². The van der Waals surface area contributed by atoms with Crippen molar-refractivity contribution in [3.63, 3.8) is 0 Å². The molecular formula is C15H16N2O6. The number of hydrogen-bond acceptors (Lipinski definition) is 6. The van der Waals surface area contributed by atoms with Crippen LogP contribution in [0.3, 0.4) is 0 Å². The third kappa shape index (κ3) is 4.80. The molecule has 0 spiro atoms. The Morgan fingerprint density at radius 3 is 2.61 bits per heavy atom. The number of nitrogens with one attached hydrogen (secondary N) is 2. The number of benzene rings is 1. The van der Waals surface area contributed by atoms with Crippen LogP contribution in [0, 0.1) is 0 Å². The van der Waals surface area contributed by atoms with Gasteiger partial charge < -0.3 is 14.8 Å². The Hall–Kier alpha value is -2.90. The summed E-state index contributed by atoms with van der Waals surface area (Å²) >= 11 is 0. The molecule has 8 nitrogen and oxygen atoms in total. The number of amides is 3. The summed E-state index contributed by atoms with van der Waals surface area (Å²) in [5.74, 6) is -1.99. The number of hydrogen-bond donors (Lipinski definition) is 2. The minimum atomic E-state index is -1.15. The predicted octanol–water partition coefficient (Wildman–Crippen LogP) is 0.260. The van der Waals surface area contributed by atoms with Gasteiger partial charge in [-0.15, -0.1) is 0 Å². The maximum Gasteiger partial charge on any atom is 0.408 e. The quantitative estimate of drug-likeness (QED) is 0.595. The van der Waals surface area contributed by atoms with Gasteiger partial charge in [0.2, 0.25) is 5.91 Å². The van der Waals surface area contributed by atoms with Gasteiger partial charge in [0.1, 0.15) is 12.6 Å². The number of ether oxygens (including phenoxy) is 2. The number of esters is 1. The molecule has 1 fully saturated rings. The summed E-state index contributed by atoms with van der Waals surface area (Å²) in [6, 6.07) is 8.03. The highest BCUT2D eigenvalue weighted by molar-refractivity contribution is 6.05. The lowest BCUT2D eigenvalue weighted by atomic mass is 10.2. The van der Waals surface area contributed by atoms with Crippen LogP contribution in [0.25, 0.3) is 0 Å². The van der Waals surface area contributed by atoms with E-state index in [9.17, 15) is 19.2 Å². The van der Waals surface area contributed by atoms with Crippen molar-refractivity contribution >= 4 is 23.9 Å². The van der Waals surface area contributed by atoms with Crippen molar-refractivity contribution in [2.75, 3.05) is 0 Å². The number of alkyl carbamates (subject to hydrolysis) is 1. The molecule has 3 amide bonds. The van der Waals surface area contributed by atoms with Gasteiger partial charge in [-0.3, -0.25) is 14.9 Å². The van der Waals surface area contributed by atoms with Crippen molar-refractivity contribution in [2.45, 2.75) is 32.1 Å². The average molecular weight is 320 g/mol. The Balaban J connectivity index is 1.75. The standard InChI is InChI=1S/C15H16N2O6/c1-9(14(20)23-11-7-12(18)17-13(11)19)16-15(21)22-8-10-5-3-2-4-6-10/h2-6,9,11H,7-8H2,1H3,(H,16,21)(H,17,18,19)/t9-,11+/m1/s1. The van der Waals surface area contributed by atoms with E-state index in [0.717, 1.165) is 5.56 Å². The molecule has 0 aliphatic carbocycles. The van der Waals surface area contributed by atoms with Crippen LogP contribution >= 0.6 is 0 Å². The van der Waals surface area contributed by atoms with Crippen molar-refractivity contribution in [3.8, 4) is 0 Å². The second kappa shape index (κ2) is 7.39. The molecule has 0 aromatic heterocycles. The smallest absolute Gasteiger partial charge is 0.408 e. The first-order valence-corrected chi connectivity index (χ1v) is 6.97. The lowest BCUT2D eigenvalue weighted by Crippen LogP contribution is -2.42. The summed E-state index contributed by atoms with van der Waals surface area (Å²) in [5.41, 5.74) is 0.805. The van der Waals surface area contributed by atoms with Crippen molar-refractivity contribution in [1.29, 1.82) is 0 Å². The molecule has 2 rings (SSSR count). The Bertz CT molecular complexity index is 616. The highest BCUT2D eigenvalue weighted by Gasteiger charge is 2.35. The fourth-order valence-corrected chi connectivity index (χ4v) is 1.87. The maximum absolute atomic E-state index is 11.8. The molecule has 0 unspecified atom stereocenters. The molecule has 1 heterocycles. The Morgan fingerprint density at radius 2 is 2.00 bits per heavy atom. The molecule has 1 aliphatic rings. The summed E-state index contributed by atoms with van der Waals surface area (Å²) in [6.45, 7) is 1.45. The third-order valence-corrected chi connectivity index (χ3v) is 3.08. The van der Waals surface area contributed by atoms with E-state index in [-0.39, 0.29) is 13.0 Å². The van der Waals surface area contributed by atoms with Crippen LogP contribution < -0.4 is 10.6 Å². The minimum Gasteiger partial charge on any atom is -0.450 e. The summed E-state index contributed by atoms with van der Waals surface area (Å²) < 4.78 is 9.84. The molecule has 2 atom stereocenters.